The number of rotatable bonds is 6. The number of piperidine rings is 1. The molecule has 2 fully saturated rings. The quantitative estimate of drug-likeness (QED) is 0.638. The van der Waals surface area contributed by atoms with Crippen LogP contribution in [0.5, 0.6) is 0 Å². The molecule has 2 nitrogen and oxygen atoms in total. The van der Waals surface area contributed by atoms with E-state index < -0.39 is 0 Å². The van der Waals surface area contributed by atoms with Crippen molar-refractivity contribution >= 4 is 0 Å². The highest BCUT2D eigenvalue weighted by molar-refractivity contribution is 4.94. The van der Waals surface area contributed by atoms with Crippen LogP contribution in [0.3, 0.4) is 0 Å². The van der Waals surface area contributed by atoms with E-state index in [9.17, 15) is 0 Å². The van der Waals surface area contributed by atoms with Crippen LogP contribution in [0.4, 0.5) is 0 Å². The molecular formula is C22H44N2. The fraction of sp³-hybridized carbons (Fsp3) is 1.00. The van der Waals surface area contributed by atoms with Crippen molar-refractivity contribution in [3.8, 4) is 0 Å². The van der Waals surface area contributed by atoms with Crippen LogP contribution in [0.2, 0.25) is 0 Å². The minimum Gasteiger partial charge on any atom is -0.298 e. The van der Waals surface area contributed by atoms with Gasteiger partial charge in [-0.1, -0.05) is 27.2 Å². The van der Waals surface area contributed by atoms with Gasteiger partial charge in [-0.3, -0.25) is 9.80 Å². The molecule has 0 atom stereocenters. The van der Waals surface area contributed by atoms with Gasteiger partial charge in [0.2, 0.25) is 0 Å². The molecule has 2 heterocycles. The fourth-order valence-electron chi connectivity index (χ4n) is 4.64. The lowest BCUT2D eigenvalue weighted by Crippen LogP contribution is -2.57. The van der Waals surface area contributed by atoms with Crippen molar-refractivity contribution in [2.75, 3.05) is 26.2 Å². The monoisotopic (exact) mass is 336 g/mol. The summed E-state index contributed by atoms with van der Waals surface area (Å²) in [7, 11) is 0. The van der Waals surface area contributed by atoms with E-state index in [-0.39, 0.29) is 0 Å². The van der Waals surface area contributed by atoms with Crippen LogP contribution in [0.1, 0.15) is 87.5 Å². The number of likely N-dealkylation sites (tertiary alicyclic amines) is 2. The first kappa shape index (κ1) is 20.2. The zero-order chi connectivity index (χ0) is 18.2. The fourth-order valence-corrected chi connectivity index (χ4v) is 4.64. The zero-order valence-electron chi connectivity index (χ0n) is 17.9. The predicted molar refractivity (Wildman–Crippen MR) is 106 cm³/mol. The largest absolute Gasteiger partial charge is 0.298 e. The minimum atomic E-state index is 0.338. The molecule has 2 aliphatic heterocycles. The standard InChI is InChI=1S/C22H44N2/c1-9-18-16-24(17-18)22(7,8)13-12-21(5,6)19-10-14-23(15-11-19)20(2,3)4/h18-19H,9-17H2,1-8H3. The van der Waals surface area contributed by atoms with E-state index in [0.29, 0.717) is 16.5 Å². The van der Waals surface area contributed by atoms with Gasteiger partial charge in [-0.15, -0.1) is 0 Å². The zero-order valence-corrected chi connectivity index (χ0v) is 17.9. The molecule has 0 N–H and O–H groups in total. The molecule has 0 unspecified atom stereocenters. The van der Waals surface area contributed by atoms with Crippen LogP contribution in [0, 0.1) is 17.3 Å². The van der Waals surface area contributed by atoms with Crippen molar-refractivity contribution in [1.82, 2.24) is 9.80 Å². The second-order valence-corrected chi connectivity index (χ2v) is 10.9. The van der Waals surface area contributed by atoms with E-state index in [0.717, 1.165) is 11.8 Å². The van der Waals surface area contributed by atoms with E-state index >= 15 is 0 Å². The maximum atomic E-state index is 2.72. The molecule has 0 bridgehead atoms. The lowest BCUT2D eigenvalue weighted by Gasteiger charge is -2.51. The SMILES string of the molecule is CCC1CN(C(C)(C)CCC(C)(C)C2CCN(C(C)(C)C)CC2)C1. The second kappa shape index (κ2) is 7.27. The van der Waals surface area contributed by atoms with E-state index in [2.05, 4.69) is 65.2 Å². The third-order valence-corrected chi connectivity index (χ3v) is 7.32. The molecule has 2 saturated heterocycles. The molecule has 0 spiro atoms. The Morgan fingerprint density at radius 3 is 1.79 bits per heavy atom. The summed E-state index contributed by atoms with van der Waals surface area (Å²) in [5.41, 5.74) is 1.20. The molecule has 0 amide bonds. The number of nitrogens with zero attached hydrogens (tertiary/aromatic N) is 2. The van der Waals surface area contributed by atoms with Crippen molar-refractivity contribution in [2.45, 2.75) is 98.6 Å². The normalized spacial score (nSPS) is 23.5. The summed E-state index contributed by atoms with van der Waals surface area (Å²) >= 11 is 0. The first-order chi connectivity index (χ1) is 11.0. The van der Waals surface area contributed by atoms with Crippen LogP contribution in [-0.2, 0) is 0 Å². The first-order valence-electron chi connectivity index (χ1n) is 10.5. The van der Waals surface area contributed by atoms with Crippen LogP contribution < -0.4 is 0 Å². The van der Waals surface area contributed by atoms with Crippen LogP contribution in [0.25, 0.3) is 0 Å². The lowest BCUT2D eigenvalue weighted by atomic mass is 9.69. The van der Waals surface area contributed by atoms with Crippen molar-refractivity contribution in [2.24, 2.45) is 17.3 Å². The highest BCUT2D eigenvalue weighted by Gasteiger charge is 2.39. The van der Waals surface area contributed by atoms with Crippen LogP contribution >= 0.6 is 0 Å². The van der Waals surface area contributed by atoms with E-state index in [4.69, 9.17) is 0 Å². The molecule has 24 heavy (non-hydrogen) atoms. The summed E-state index contributed by atoms with van der Waals surface area (Å²) in [6.45, 7) is 24.6. The van der Waals surface area contributed by atoms with Gasteiger partial charge in [-0.05, 0) is 90.6 Å². The maximum absolute atomic E-state index is 2.72. The van der Waals surface area contributed by atoms with Crippen molar-refractivity contribution in [3.63, 3.8) is 0 Å². The second-order valence-electron chi connectivity index (χ2n) is 10.9. The summed E-state index contributed by atoms with van der Waals surface area (Å²) in [6.07, 6.45) is 6.83. The Hall–Kier alpha value is -0.0800. The maximum Gasteiger partial charge on any atom is 0.0153 e. The van der Waals surface area contributed by atoms with E-state index in [1.54, 1.807) is 0 Å². The molecule has 0 aliphatic carbocycles. The molecule has 2 heteroatoms. The van der Waals surface area contributed by atoms with Crippen molar-refractivity contribution < 1.29 is 0 Å². The summed E-state index contributed by atoms with van der Waals surface area (Å²) in [5.74, 6) is 1.85. The lowest BCUT2D eigenvalue weighted by molar-refractivity contribution is -0.0159. The molecule has 0 aromatic rings. The Kier molecular flexibility index (Phi) is 6.13. The average Bonchev–Trinajstić information content (AvgIpc) is 2.43. The molecule has 2 rings (SSSR count). The van der Waals surface area contributed by atoms with E-state index in [1.165, 1.54) is 58.3 Å². The number of hydrogen-bond donors (Lipinski definition) is 0. The van der Waals surface area contributed by atoms with Gasteiger partial charge < -0.3 is 0 Å². The van der Waals surface area contributed by atoms with Gasteiger partial charge in [0.1, 0.15) is 0 Å². The van der Waals surface area contributed by atoms with Gasteiger partial charge in [0.15, 0.2) is 0 Å². The first-order valence-corrected chi connectivity index (χ1v) is 10.5. The third-order valence-electron chi connectivity index (χ3n) is 7.32. The predicted octanol–water partition coefficient (Wildman–Crippen LogP) is 5.42. The van der Waals surface area contributed by atoms with Gasteiger partial charge >= 0.3 is 0 Å². The molecule has 0 aromatic heterocycles. The Balaban J connectivity index is 1.81. The summed E-state index contributed by atoms with van der Waals surface area (Å²) in [5, 5.41) is 0. The van der Waals surface area contributed by atoms with Gasteiger partial charge in [0.25, 0.3) is 0 Å². The Morgan fingerprint density at radius 1 is 0.792 bits per heavy atom. The topological polar surface area (TPSA) is 6.48 Å². The summed E-state index contributed by atoms with van der Waals surface area (Å²) in [4.78, 5) is 5.40. The molecular weight excluding hydrogens is 292 g/mol. The highest BCUT2D eigenvalue weighted by atomic mass is 15.2. The van der Waals surface area contributed by atoms with Crippen LogP contribution in [-0.4, -0.2) is 47.1 Å². The van der Waals surface area contributed by atoms with Gasteiger partial charge in [-0.2, -0.15) is 0 Å². The average molecular weight is 337 g/mol. The van der Waals surface area contributed by atoms with Gasteiger partial charge in [0.05, 0.1) is 0 Å². The Morgan fingerprint density at radius 2 is 1.33 bits per heavy atom. The van der Waals surface area contributed by atoms with E-state index in [1.807, 2.05) is 0 Å². The molecule has 0 aromatic carbocycles. The number of hydrogen-bond acceptors (Lipinski definition) is 2. The molecule has 142 valence electrons. The van der Waals surface area contributed by atoms with Gasteiger partial charge in [0, 0.05) is 24.2 Å². The highest BCUT2D eigenvalue weighted by Crippen LogP contribution is 2.42. The molecule has 2 aliphatic rings. The smallest absolute Gasteiger partial charge is 0.0153 e. The Labute approximate surface area is 152 Å². The van der Waals surface area contributed by atoms with Gasteiger partial charge in [-0.25, -0.2) is 0 Å². The summed E-state index contributed by atoms with van der Waals surface area (Å²) < 4.78 is 0. The van der Waals surface area contributed by atoms with Crippen molar-refractivity contribution in [3.05, 3.63) is 0 Å². The minimum absolute atomic E-state index is 0.338. The Bertz CT molecular complexity index is 391. The van der Waals surface area contributed by atoms with Crippen LogP contribution in [0.15, 0.2) is 0 Å². The molecule has 0 saturated carbocycles. The third kappa shape index (κ3) is 4.75. The van der Waals surface area contributed by atoms with Crippen molar-refractivity contribution in [1.29, 1.82) is 0 Å². The molecule has 0 radical (unpaired) electrons. The summed E-state index contributed by atoms with van der Waals surface area (Å²) in [6, 6.07) is 0.